The summed E-state index contributed by atoms with van der Waals surface area (Å²) in [5, 5.41) is 20.5. The van der Waals surface area contributed by atoms with Crippen molar-refractivity contribution in [3.63, 3.8) is 0 Å². The number of anilines is 1. The third-order valence-electron chi connectivity index (χ3n) is 2.93. The Kier molecular flexibility index (Phi) is 3.53. The van der Waals surface area contributed by atoms with Crippen molar-refractivity contribution in [2.75, 3.05) is 26.1 Å². The fourth-order valence-electron chi connectivity index (χ4n) is 1.86. The van der Waals surface area contributed by atoms with Gasteiger partial charge in [-0.05, 0) is 26.0 Å². The quantitative estimate of drug-likeness (QED) is 0.767. The molecule has 0 saturated heterocycles. The van der Waals surface area contributed by atoms with Crippen LogP contribution >= 0.6 is 0 Å². The van der Waals surface area contributed by atoms with Crippen molar-refractivity contribution >= 4 is 16.7 Å². The van der Waals surface area contributed by atoms with Crippen LogP contribution in [-0.4, -0.2) is 41.7 Å². The van der Waals surface area contributed by atoms with Gasteiger partial charge in [0.05, 0.1) is 26.4 Å². The smallest absolute Gasteiger partial charge is 0.186 e. The van der Waals surface area contributed by atoms with Gasteiger partial charge in [-0.2, -0.15) is 5.10 Å². The van der Waals surface area contributed by atoms with Gasteiger partial charge in [0.2, 0.25) is 0 Å². The van der Waals surface area contributed by atoms with Gasteiger partial charge in [0.1, 0.15) is 5.52 Å². The number of aromatic amines is 1. The highest BCUT2D eigenvalue weighted by atomic mass is 16.5. The molecule has 1 aromatic carbocycles. The van der Waals surface area contributed by atoms with E-state index in [-0.39, 0.29) is 6.61 Å². The van der Waals surface area contributed by atoms with Crippen LogP contribution in [0.25, 0.3) is 10.9 Å². The maximum absolute atomic E-state index is 9.30. The molecule has 0 spiro atoms. The molecule has 6 nitrogen and oxygen atoms in total. The molecule has 2 rings (SSSR count). The number of hydrogen-bond acceptors (Lipinski definition) is 5. The van der Waals surface area contributed by atoms with Gasteiger partial charge in [-0.3, -0.25) is 5.10 Å². The van der Waals surface area contributed by atoms with E-state index in [0.29, 0.717) is 17.3 Å². The van der Waals surface area contributed by atoms with Crippen LogP contribution in [0.4, 0.5) is 5.82 Å². The first-order valence-corrected chi connectivity index (χ1v) is 6.00. The minimum Gasteiger partial charge on any atom is -0.493 e. The molecule has 0 atom stereocenters. The Morgan fingerprint density at radius 3 is 2.63 bits per heavy atom. The van der Waals surface area contributed by atoms with Gasteiger partial charge in [0.25, 0.3) is 0 Å². The molecule has 2 aromatic rings. The number of aliphatic hydroxyl groups is 1. The number of H-pyrrole nitrogens is 1. The number of hydrogen-bond donors (Lipinski definition) is 3. The van der Waals surface area contributed by atoms with Crippen LogP contribution in [0.15, 0.2) is 12.1 Å². The van der Waals surface area contributed by atoms with E-state index >= 15 is 0 Å². The predicted octanol–water partition coefficient (Wildman–Crippen LogP) is 1.76. The van der Waals surface area contributed by atoms with Crippen molar-refractivity contribution in [3.8, 4) is 11.5 Å². The zero-order valence-corrected chi connectivity index (χ0v) is 11.6. The summed E-state index contributed by atoms with van der Waals surface area (Å²) < 4.78 is 10.6. The first-order chi connectivity index (χ1) is 9.02. The van der Waals surface area contributed by atoms with Crippen molar-refractivity contribution in [2.45, 2.75) is 19.4 Å². The number of nitrogens with zero attached hydrogens (tertiary/aromatic N) is 1. The Morgan fingerprint density at radius 2 is 2.05 bits per heavy atom. The molecule has 0 radical (unpaired) electrons. The van der Waals surface area contributed by atoms with Crippen LogP contribution < -0.4 is 14.8 Å². The van der Waals surface area contributed by atoms with Gasteiger partial charge >= 0.3 is 0 Å². The summed E-state index contributed by atoms with van der Waals surface area (Å²) in [5.41, 5.74) is 0.313. The van der Waals surface area contributed by atoms with Gasteiger partial charge in [-0.1, -0.05) is 0 Å². The molecule has 1 heterocycles. The maximum atomic E-state index is 9.30. The second-order valence-corrected chi connectivity index (χ2v) is 4.96. The van der Waals surface area contributed by atoms with Crippen LogP contribution in [0, 0.1) is 0 Å². The summed E-state index contributed by atoms with van der Waals surface area (Å²) in [4.78, 5) is 0. The van der Waals surface area contributed by atoms with E-state index in [1.54, 1.807) is 14.2 Å². The number of methoxy groups -OCH3 is 2. The molecule has 1 aromatic heterocycles. The van der Waals surface area contributed by atoms with Gasteiger partial charge in [0.15, 0.2) is 17.3 Å². The summed E-state index contributed by atoms with van der Waals surface area (Å²) in [6.07, 6.45) is 0. The molecule has 0 aliphatic heterocycles. The van der Waals surface area contributed by atoms with Crippen LogP contribution in [-0.2, 0) is 0 Å². The van der Waals surface area contributed by atoms with Crippen LogP contribution in [0.3, 0.4) is 0 Å². The number of nitrogens with one attached hydrogen (secondary N) is 2. The van der Waals surface area contributed by atoms with E-state index in [9.17, 15) is 5.11 Å². The van der Waals surface area contributed by atoms with E-state index in [2.05, 4.69) is 15.5 Å². The fourth-order valence-corrected chi connectivity index (χ4v) is 1.86. The fraction of sp³-hybridized carbons (Fsp3) is 0.462. The molecular formula is C13H19N3O3. The Labute approximate surface area is 111 Å². The molecule has 0 fully saturated rings. The molecule has 0 amide bonds. The SMILES string of the molecule is COc1ccc2c(NC(C)(C)CO)n[nH]c2c1OC. The minimum atomic E-state index is -0.449. The Balaban J connectivity index is 2.50. The number of rotatable bonds is 5. The van der Waals surface area contributed by atoms with Crippen molar-refractivity contribution < 1.29 is 14.6 Å². The Bertz CT molecular complexity index is 578. The molecule has 0 bridgehead atoms. The molecule has 0 aliphatic rings. The van der Waals surface area contributed by atoms with E-state index < -0.39 is 5.54 Å². The average molecular weight is 265 g/mol. The zero-order valence-electron chi connectivity index (χ0n) is 11.6. The monoisotopic (exact) mass is 265 g/mol. The number of benzene rings is 1. The third kappa shape index (κ3) is 2.44. The highest BCUT2D eigenvalue weighted by Gasteiger charge is 2.20. The molecular weight excluding hydrogens is 246 g/mol. The van der Waals surface area contributed by atoms with Crippen LogP contribution in [0.5, 0.6) is 11.5 Å². The van der Waals surface area contributed by atoms with Crippen LogP contribution in [0.1, 0.15) is 13.8 Å². The first-order valence-electron chi connectivity index (χ1n) is 6.00. The lowest BCUT2D eigenvalue weighted by molar-refractivity contribution is 0.234. The summed E-state index contributed by atoms with van der Waals surface area (Å²) in [6.45, 7) is 3.80. The topological polar surface area (TPSA) is 79.4 Å². The minimum absolute atomic E-state index is 0.00857. The normalized spacial score (nSPS) is 11.6. The third-order valence-corrected chi connectivity index (χ3v) is 2.93. The highest BCUT2D eigenvalue weighted by molar-refractivity contribution is 5.95. The molecule has 19 heavy (non-hydrogen) atoms. The lowest BCUT2D eigenvalue weighted by atomic mass is 10.1. The van der Waals surface area contributed by atoms with E-state index in [1.807, 2.05) is 26.0 Å². The maximum Gasteiger partial charge on any atom is 0.186 e. The summed E-state index contributed by atoms with van der Waals surface area (Å²) in [7, 11) is 3.18. The van der Waals surface area contributed by atoms with Crippen molar-refractivity contribution in [1.82, 2.24) is 10.2 Å². The molecule has 0 aliphatic carbocycles. The van der Waals surface area contributed by atoms with Gasteiger partial charge in [-0.25, -0.2) is 0 Å². The zero-order chi connectivity index (χ0) is 14.0. The predicted molar refractivity (Wildman–Crippen MR) is 74.0 cm³/mol. The van der Waals surface area contributed by atoms with Crippen molar-refractivity contribution in [3.05, 3.63) is 12.1 Å². The number of fused-ring (bicyclic) bond motifs is 1. The standard InChI is InChI=1S/C13H19N3O3/c1-13(2,7-17)14-12-8-5-6-9(18-3)11(19-4)10(8)15-16-12/h5-6,17H,7H2,1-4H3,(H2,14,15,16). The Morgan fingerprint density at radius 1 is 1.32 bits per heavy atom. The van der Waals surface area contributed by atoms with E-state index in [4.69, 9.17) is 9.47 Å². The molecule has 3 N–H and O–H groups in total. The van der Waals surface area contributed by atoms with E-state index in [0.717, 1.165) is 10.9 Å². The number of ether oxygens (including phenoxy) is 2. The van der Waals surface area contributed by atoms with Crippen LogP contribution in [0.2, 0.25) is 0 Å². The van der Waals surface area contributed by atoms with Crippen molar-refractivity contribution in [1.29, 1.82) is 0 Å². The molecule has 0 unspecified atom stereocenters. The first kappa shape index (κ1) is 13.5. The second kappa shape index (κ2) is 4.97. The van der Waals surface area contributed by atoms with Gasteiger partial charge < -0.3 is 19.9 Å². The van der Waals surface area contributed by atoms with Gasteiger partial charge in [0, 0.05) is 5.39 Å². The van der Waals surface area contributed by atoms with E-state index in [1.165, 1.54) is 0 Å². The largest absolute Gasteiger partial charge is 0.493 e. The summed E-state index contributed by atoms with van der Waals surface area (Å²) in [5.74, 6) is 1.93. The molecule has 0 saturated carbocycles. The lowest BCUT2D eigenvalue weighted by Crippen LogP contribution is -2.35. The summed E-state index contributed by atoms with van der Waals surface area (Å²) >= 11 is 0. The Hall–Kier alpha value is -1.95. The number of aliphatic hydroxyl groups excluding tert-OH is 1. The second-order valence-electron chi connectivity index (χ2n) is 4.96. The average Bonchev–Trinajstić information content (AvgIpc) is 2.80. The van der Waals surface area contributed by atoms with Gasteiger partial charge in [-0.15, -0.1) is 0 Å². The lowest BCUT2D eigenvalue weighted by Gasteiger charge is -2.23. The highest BCUT2D eigenvalue weighted by Crippen LogP contribution is 2.37. The van der Waals surface area contributed by atoms with Crippen molar-refractivity contribution in [2.24, 2.45) is 0 Å². The molecule has 104 valence electrons. The molecule has 6 heteroatoms. The number of aromatic nitrogens is 2. The summed E-state index contributed by atoms with van der Waals surface area (Å²) in [6, 6.07) is 3.73.